The Morgan fingerprint density at radius 1 is 1.32 bits per heavy atom. The number of aromatic nitrogens is 2. The SMILES string of the molecule is CC(C)n1cnc2c1CN(C(=O)Cc1ccc(Cl)cc1)CC2. The lowest BCUT2D eigenvalue weighted by atomic mass is 10.1. The molecule has 0 aliphatic carbocycles. The van der Waals surface area contributed by atoms with E-state index in [9.17, 15) is 4.79 Å². The van der Waals surface area contributed by atoms with Crippen molar-refractivity contribution < 1.29 is 4.79 Å². The molecule has 4 nitrogen and oxygen atoms in total. The Bertz CT molecular complexity index is 676. The smallest absolute Gasteiger partial charge is 0.227 e. The van der Waals surface area contributed by atoms with Gasteiger partial charge in [-0.2, -0.15) is 0 Å². The van der Waals surface area contributed by atoms with E-state index in [2.05, 4.69) is 23.4 Å². The van der Waals surface area contributed by atoms with Crippen molar-refractivity contribution in [1.29, 1.82) is 0 Å². The molecule has 0 radical (unpaired) electrons. The topological polar surface area (TPSA) is 38.1 Å². The summed E-state index contributed by atoms with van der Waals surface area (Å²) in [5.41, 5.74) is 3.30. The van der Waals surface area contributed by atoms with E-state index in [0.29, 0.717) is 24.0 Å². The standard InChI is InChI=1S/C17H20ClN3O/c1-12(2)21-11-19-15-7-8-20(10-16(15)21)17(22)9-13-3-5-14(18)6-4-13/h3-6,11-12H,7-10H2,1-2H3. The minimum atomic E-state index is 0.157. The molecule has 1 aliphatic rings. The van der Waals surface area contributed by atoms with Gasteiger partial charge in [-0.05, 0) is 31.5 Å². The molecule has 116 valence electrons. The summed E-state index contributed by atoms with van der Waals surface area (Å²) in [7, 11) is 0. The Hall–Kier alpha value is -1.81. The van der Waals surface area contributed by atoms with Crippen molar-refractivity contribution >= 4 is 17.5 Å². The van der Waals surface area contributed by atoms with Gasteiger partial charge in [-0.15, -0.1) is 0 Å². The number of carbonyl (C=O) groups excluding carboxylic acids is 1. The summed E-state index contributed by atoms with van der Waals surface area (Å²) in [5, 5.41) is 0.694. The summed E-state index contributed by atoms with van der Waals surface area (Å²) < 4.78 is 2.16. The average Bonchev–Trinajstić information content (AvgIpc) is 2.92. The quantitative estimate of drug-likeness (QED) is 0.871. The number of imidazole rings is 1. The summed E-state index contributed by atoms with van der Waals surface area (Å²) in [6, 6.07) is 7.84. The molecule has 0 saturated heterocycles. The third-order valence-corrected chi connectivity index (χ3v) is 4.37. The minimum absolute atomic E-state index is 0.157. The molecule has 22 heavy (non-hydrogen) atoms. The van der Waals surface area contributed by atoms with Gasteiger partial charge in [-0.25, -0.2) is 4.98 Å². The van der Waals surface area contributed by atoms with Crippen LogP contribution in [0.2, 0.25) is 5.02 Å². The van der Waals surface area contributed by atoms with Gasteiger partial charge >= 0.3 is 0 Å². The average molecular weight is 318 g/mol. The molecule has 1 aromatic carbocycles. The lowest BCUT2D eigenvalue weighted by Gasteiger charge is -2.28. The van der Waals surface area contributed by atoms with Gasteiger partial charge in [0.2, 0.25) is 5.91 Å². The van der Waals surface area contributed by atoms with Gasteiger partial charge in [-0.1, -0.05) is 23.7 Å². The molecule has 0 saturated carbocycles. The highest BCUT2D eigenvalue weighted by Gasteiger charge is 2.25. The van der Waals surface area contributed by atoms with Crippen LogP contribution in [0.5, 0.6) is 0 Å². The summed E-state index contributed by atoms with van der Waals surface area (Å²) in [4.78, 5) is 18.9. The first kappa shape index (κ1) is 15.1. The van der Waals surface area contributed by atoms with E-state index in [1.165, 1.54) is 5.69 Å². The van der Waals surface area contributed by atoms with E-state index in [-0.39, 0.29) is 5.91 Å². The van der Waals surface area contributed by atoms with Crippen molar-refractivity contribution in [1.82, 2.24) is 14.5 Å². The highest BCUT2D eigenvalue weighted by atomic mass is 35.5. The van der Waals surface area contributed by atoms with Gasteiger partial charge in [0, 0.05) is 24.0 Å². The van der Waals surface area contributed by atoms with Crippen molar-refractivity contribution in [3.05, 3.63) is 52.6 Å². The predicted octanol–water partition coefficient (Wildman–Crippen LogP) is 3.24. The Morgan fingerprint density at radius 2 is 2.05 bits per heavy atom. The van der Waals surface area contributed by atoms with E-state index < -0.39 is 0 Å². The fraction of sp³-hybridized carbons (Fsp3) is 0.412. The lowest BCUT2D eigenvalue weighted by Crippen LogP contribution is -2.37. The molecule has 0 spiro atoms. The molecular weight excluding hydrogens is 298 g/mol. The van der Waals surface area contributed by atoms with E-state index in [0.717, 1.165) is 24.2 Å². The predicted molar refractivity (Wildman–Crippen MR) is 86.9 cm³/mol. The molecule has 0 atom stereocenters. The van der Waals surface area contributed by atoms with Crippen LogP contribution in [0.1, 0.15) is 36.8 Å². The van der Waals surface area contributed by atoms with E-state index in [4.69, 9.17) is 11.6 Å². The maximum Gasteiger partial charge on any atom is 0.227 e. The van der Waals surface area contributed by atoms with Crippen LogP contribution in [0, 0.1) is 0 Å². The van der Waals surface area contributed by atoms with Gasteiger partial charge in [0.1, 0.15) is 0 Å². The Kier molecular flexibility index (Phi) is 4.21. The largest absolute Gasteiger partial charge is 0.336 e. The first-order valence-electron chi connectivity index (χ1n) is 7.61. The molecule has 2 heterocycles. The fourth-order valence-corrected chi connectivity index (χ4v) is 2.98. The number of carbonyl (C=O) groups is 1. The number of halogens is 1. The van der Waals surface area contributed by atoms with Crippen LogP contribution >= 0.6 is 11.6 Å². The van der Waals surface area contributed by atoms with Gasteiger partial charge in [0.05, 0.1) is 30.7 Å². The molecule has 3 rings (SSSR count). The van der Waals surface area contributed by atoms with Crippen molar-refractivity contribution in [2.75, 3.05) is 6.54 Å². The summed E-state index contributed by atoms with van der Waals surface area (Å²) in [6.45, 7) is 5.67. The number of rotatable bonds is 3. The molecule has 0 unspecified atom stereocenters. The molecule has 1 amide bonds. The number of hydrogen-bond donors (Lipinski definition) is 0. The molecule has 1 aliphatic heterocycles. The zero-order valence-corrected chi connectivity index (χ0v) is 13.7. The number of fused-ring (bicyclic) bond motifs is 1. The van der Waals surface area contributed by atoms with Crippen LogP contribution in [-0.4, -0.2) is 26.9 Å². The normalized spacial score (nSPS) is 14.3. The molecule has 0 N–H and O–H groups in total. The third kappa shape index (κ3) is 3.02. The molecule has 2 aromatic rings. The van der Waals surface area contributed by atoms with Crippen molar-refractivity contribution in [3.8, 4) is 0 Å². The van der Waals surface area contributed by atoms with Crippen LogP contribution in [-0.2, 0) is 24.2 Å². The molecular formula is C17H20ClN3O. The Balaban J connectivity index is 1.72. The second-order valence-corrected chi connectivity index (χ2v) is 6.44. The van der Waals surface area contributed by atoms with Crippen LogP contribution in [0.15, 0.2) is 30.6 Å². The highest BCUT2D eigenvalue weighted by Crippen LogP contribution is 2.22. The number of benzene rings is 1. The zero-order chi connectivity index (χ0) is 15.7. The monoisotopic (exact) mass is 317 g/mol. The number of amides is 1. The lowest BCUT2D eigenvalue weighted by molar-refractivity contribution is -0.131. The van der Waals surface area contributed by atoms with Crippen LogP contribution in [0.4, 0.5) is 0 Å². The molecule has 0 fully saturated rings. The third-order valence-electron chi connectivity index (χ3n) is 4.12. The van der Waals surface area contributed by atoms with Crippen molar-refractivity contribution in [2.24, 2.45) is 0 Å². The molecule has 1 aromatic heterocycles. The van der Waals surface area contributed by atoms with Crippen LogP contribution in [0.3, 0.4) is 0 Å². The van der Waals surface area contributed by atoms with Gasteiger partial charge in [0.15, 0.2) is 0 Å². The van der Waals surface area contributed by atoms with Crippen LogP contribution < -0.4 is 0 Å². The van der Waals surface area contributed by atoms with Gasteiger partial charge in [0.25, 0.3) is 0 Å². The zero-order valence-electron chi connectivity index (χ0n) is 12.9. The molecule has 0 bridgehead atoms. The summed E-state index contributed by atoms with van der Waals surface area (Å²) in [6.07, 6.45) is 3.15. The highest BCUT2D eigenvalue weighted by molar-refractivity contribution is 6.30. The second-order valence-electron chi connectivity index (χ2n) is 6.01. The minimum Gasteiger partial charge on any atom is -0.336 e. The van der Waals surface area contributed by atoms with Gasteiger partial charge < -0.3 is 9.47 Å². The number of hydrogen-bond acceptors (Lipinski definition) is 2. The first-order chi connectivity index (χ1) is 10.5. The summed E-state index contributed by atoms with van der Waals surface area (Å²) >= 11 is 5.88. The van der Waals surface area contributed by atoms with Gasteiger partial charge in [-0.3, -0.25) is 4.79 Å². The van der Waals surface area contributed by atoms with E-state index in [1.54, 1.807) is 0 Å². The second kappa shape index (κ2) is 6.13. The first-order valence-corrected chi connectivity index (χ1v) is 7.99. The van der Waals surface area contributed by atoms with E-state index in [1.807, 2.05) is 35.5 Å². The Labute approximate surface area is 135 Å². The number of nitrogens with zero attached hydrogens (tertiary/aromatic N) is 3. The van der Waals surface area contributed by atoms with Crippen molar-refractivity contribution in [2.45, 2.75) is 39.3 Å². The molecule has 5 heteroatoms. The van der Waals surface area contributed by atoms with Crippen LogP contribution in [0.25, 0.3) is 0 Å². The fourth-order valence-electron chi connectivity index (χ4n) is 2.85. The van der Waals surface area contributed by atoms with Crippen molar-refractivity contribution in [3.63, 3.8) is 0 Å². The maximum absolute atomic E-state index is 12.5. The maximum atomic E-state index is 12.5. The Morgan fingerprint density at radius 3 is 2.73 bits per heavy atom. The summed E-state index contributed by atoms with van der Waals surface area (Å²) in [5.74, 6) is 0.157. The van der Waals surface area contributed by atoms with E-state index >= 15 is 0 Å².